The maximum atomic E-state index is 11.8. The lowest BCUT2D eigenvalue weighted by Crippen LogP contribution is -2.42. The molecule has 0 radical (unpaired) electrons. The van der Waals surface area contributed by atoms with Crippen molar-refractivity contribution >= 4 is 6.09 Å². The van der Waals surface area contributed by atoms with Crippen LogP contribution in [0.1, 0.15) is 69.8 Å². The van der Waals surface area contributed by atoms with Crippen LogP contribution in [-0.4, -0.2) is 59.4 Å². The monoisotopic (exact) mass is 402 g/mol. The molecule has 1 aromatic carbocycles. The van der Waals surface area contributed by atoms with Crippen LogP contribution in [0.5, 0.6) is 0 Å². The van der Waals surface area contributed by atoms with Crippen LogP contribution in [0.2, 0.25) is 0 Å². The summed E-state index contributed by atoms with van der Waals surface area (Å²) in [4.78, 5) is 16.0. The van der Waals surface area contributed by atoms with E-state index in [0.29, 0.717) is 12.6 Å². The molecule has 0 unspecified atom stereocenters. The quantitative estimate of drug-likeness (QED) is 0.520. The van der Waals surface area contributed by atoms with Crippen molar-refractivity contribution in [3.63, 3.8) is 0 Å². The molecule has 162 valence electrons. The summed E-state index contributed by atoms with van der Waals surface area (Å²) in [6.45, 7) is 5.20. The SMILES string of the molecule is O=C(O)N(Cc1ccccc1)C1CCC(OCCCCCCN2CCCC2)CC1. The molecule has 1 N–H and O–H groups in total. The van der Waals surface area contributed by atoms with E-state index in [0.717, 1.165) is 44.3 Å². The lowest BCUT2D eigenvalue weighted by atomic mass is 9.91. The minimum absolute atomic E-state index is 0.109. The van der Waals surface area contributed by atoms with E-state index < -0.39 is 6.09 Å². The van der Waals surface area contributed by atoms with Gasteiger partial charge in [-0.3, -0.25) is 0 Å². The first-order chi connectivity index (χ1) is 14.2. The predicted molar refractivity (Wildman–Crippen MR) is 116 cm³/mol. The molecule has 2 aliphatic rings. The topological polar surface area (TPSA) is 53.0 Å². The highest BCUT2D eigenvalue weighted by Crippen LogP contribution is 2.26. The molecule has 0 spiro atoms. The van der Waals surface area contributed by atoms with Crippen LogP contribution in [0.15, 0.2) is 30.3 Å². The summed E-state index contributed by atoms with van der Waals surface area (Å²) in [6.07, 6.45) is 11.0. The fourth-order valence-corrected chi connectivity index (χ4v) is 4.70. The van der Waals surface area contributed by atoms with Gasteiger partial charge in [-0.25, -0.2) is 4.79 Å². The number of carbonyl (C=O) groups is 1. The van der Waals surface area contributed by atoms with Gasteiger partial charge < -0.3 is 19.6 Å². The molecule has 0 atom stereocenters. The van der Waals surface area contributed by atoms with Crippen LogP contribution in [0.4, 0.5) is 4.79 Å². The maximum absolute atomic E-state index is 11.8. The second-order valence-electron chi connectivity index (χ2n) is 8.66. The van der Waals surface area contributed by atoms with Gasteiger partial charge in [0.05, 0.1) is 6.10 Å². The molecule has 2 fully saturated rings. The Morgan fingerprint density at radius 2 is 1.69 bits per heavy atom. The van der Waals surface area contributed by atoms with Crippen molar-refractivity contribution in [2.24, 2.45) is 0 Å². The number of benzene rings is 1. The Labute approximate surface area is 176 Å². The zero-order valence-corrected chi connectivity index (χ0v) is 17.8. The van der Waals surface area contributed by atoms with Crippen LogP contribution in [0.3, 0.4) is 0 Å². The number of unbranched alkanes of at least 4 members (excludes halogenated alkanes) is 3. The third-order valence-corrected chi connectivity index (χ3v) is 6.45. The molecule has 29 heavy (non-hydrogen) atoms. The Morgan fingerprint density at radius 3 is 2.38 bits per heavy atom. The molecular formula is C24H38N2O3. The van der Waals surface area contributed by atoms with Crippen molar-refractivity contribution in [1.29, 1.82) is 0 Å². The Balaban J connectivity index is 1.26. The van der Waals surface area contributed by atoms with Crippen LogP contribution in [-0.2, 0) is 11.3 Å². The van der Waals surface area contributed by atoms with E-state index in [1.165, 1.54) is 51.7 Å². The number of rotatable bonds is 11. The van der Waals surface area contributed by atoms with E-state index in [-0.39, 0.29) is 6.04 Å². The summed E-state index contributed by atoms with van der Waals surface area (Å²) in [5.74, 6) is 0. The maximum Gasteiger partial charge on any atom is 0.407 e. The number of nitrogens with zero attached hydrogens (tertiary/aromatic N) is 2. The number of carboxylic acid groups (broad SMARTS) is 1. The van der Waals surface area contributed by atoms with Crippen LogP contribution in [0, 0.1) is 0 Å². The molecule has 1 aliphatic carbocycles. The van der Waals surface area contributed by atoms with Gasteiger partial charge in [-0.2, -0.15) is 0 Å². The highest BCUT2D eigenvalue weighted by molar-refractivity contribution is 5.65. The fourth-order valence-electron chi connectivity index (χ4n) is 4.70. The van der Waals surface area contributed by atoms with Crippen molar-refractivity contribution in [3.8, 4) is 0 Å². The zero-order chi connectivity index (χ0) is 20.3. The Kier molecular flexibility index (Phi) is 9.29. The van der Waals surface area contributed by atoms with Crippen molar-refractivity contribution in [2.75, 3.05) is 26.2 Å². The second-order valence-corrected chi connectivity index (χ2v) is 8.66. The van der Waals surface area contributed by atoms with Gasteiger partial charge in [0.25, 0.3) is 0 Å². The summed E-state index contributed by atoms with van der Waals surface area (Å²) in [5, 5.41) is 9.66. The normalized spacial score (nSPS) is 22.6. The first kappa shape index (κ1) is 22.1. The molecule has 1 saturated carbocycles. The molecule has 1 saturated heterocycles. The molecular weight excluding hydrogens is 364 g/mol. The van der Waals surface area contributed by atoms with Crippen molar-refractivity contribution in [2.45, 2.75) is 82.9 Å². The average molecular weight is 403 g/mol. The lowest BCUT2D eigenvalue weighted by Gasteiger charge is -2.35. The van der Waals surface area contributed by atoms with Crippen molar-refractivity contribution in [3.05, 3.63) is 35.9 Å². The minimum Gasteiger partial charge on any atom is -0.465 e. The molecule has 0 bridgehead atoms. The number of ether oxygens (including phenoxy) is 1. The summed E-state index contributed by atoms with van der Waals surface area (Å²) < 4.78 is 6.09. The Morgan fingerprint density at radius 1 is 1.00 bits per heavy atom. The summed E-state index contributed by atoms with van der Waals surface area (Å²) in [6, 6.07) is 9.99. The van der Waals surface area contributed by atoms with Crippen LogP contribution >= 0.6 is 0 Å². The second kappa shape index (κ2) is 12.2. The fraction of sp³-hybridized carbons (Fsp3) is 0.708. The molecule has 5 nitrogen and oxygen atoms in total. The zero-order valence-electron chi connectivity index (χ0n) is 17.8. The Bertz CT molecular complexity index is 581. The standard InChI is InChI=1S/C24H38N2O3/c27-24(28)26(20-21-10-4-3-5-11-21)22-12-14-23(15-13-22)29-19-9-2-1-6-16-25-17-7-8-18-25/h3-5,10-11,22-23H,1-2,6-9,12-20H2,(H,27,28). The third kappa shape index (κ3) is 7.63. The van der Waals surface area contributed by atoms with E-state index in [2.05, 4.69) is 4.90 Å². The smallest absolute Gasteiger partial charge is 0.407 e. The van der Waals surface area contributed by atoms with E-state index in [1.807, 2.05) is 30.3 Å². The number of likely N-dealkylation sites (tertiary alicyclic amines) is 1. The van der Waals surface area contributed by atoms with Gasteiger partial charge in [-0.1, -0.05) is 43.2 Å². The number of amides is 1. The van der Waals surface area contributed by atoms with E-state index >= 15 is 0 Å². The molecule has 1 amide bonds. The highest BCUT2D eigenvalue weighted by Gasteiger charge is 2.29. The lowest BCUT2D eigenvalue weighted by molar-refractivity contribution is 0.00599. The first-order valence-electron chi connectivity index (χ1n) is 11.6. The van der Waals surface area contributed by atoms with Gasteiger partial charge in [0.1, 0.15) is 0 Å². The summed E-state index contributed by atoms with van der Waals surface area (Å²) >= 11 is 0. The predicted octanol–water partition coefficient (Wildman–Crippen LogP) is 5.15. The summed E-state index contributed by atoms with van der Waals surface area (Å²) in [7, 11) is 0. The van der Waals surface area contributed by atoms with Crippen molar-refractivity contribution in [1.82, 2.24) is 9.80 Å². The first-order valence-corrected chi connectivity index (χ1v) is 11.6. The molecule has 1 aliphatic heterocycles. The van der Waals surface area contributed by atoms with Gasteiger partial charge in [-0.15, -0.1) is 0 Å². The largest absolute Gasteiger partial charge is 0.465 e. The average Bonchev–Trinajstić information content (AvgIpc) is 3.26. The molecule has 3 rings (SSSR count). The highest BCUT2D eigenvalue weighted by atomic mass is 16.5. The Hall–Kier alpha value is -1.59. The number of hydrogen-bond acceptors (Lipinski definition) is 3. The van der Waals surface area contributed by atoms with Gasteiger partial charge >= 0.3 is 6.09 Å². The molecule has 1 aromatic rings. The third-order valence-electron chi connectivity index (χ3n) is 6.45. The molecule has 0 aromatic heterocycles. The van der Waals surface area contributed by atoms with Gasteiger partial charge in [0, 0.05) is 19.2 Å². The summed E-state index contributed by atoms with van der Waals surface area (Å²) in [5.41, 5.74) is 1.05. The van der Waals surface area contributed by atoms with E-state index in [1.54, 1.807) is 4.90 Å². The minimum atomic E-state index is -0.813. The molecule has 5 heteroatoms. The van der Waals surface area contributed by atoms with E-state index in [4.69, 9.17) is 4.74 Å². The van der Waals surface area contributed by atoms with Gasteiger partial charge in [0.15, 0.2) is 0 Å². The van der Waals surface area contributed by atoms with Crippen LogP contribution in [0.25, 0.3) is 0 Å². The van der Waals surface area contributed by atoms with E-state index in [9.17, 15) is 9.90 Å². The van der Waals surface area contributed by atoms with Crippen molar-refractivity contribution < 1.29 is 14.6 Å². The van der Waals surface area contributed by atoms with Crippen LogP contribution < -0.4 is 0 Å². The van der Waals surface area contributed by atoms with Gasteiger partial charge in [0.2, 0.25) is 0 Å². The molecule has 1 heterocycles. The van der Waals surface area contributed by atoms with Gasteiger partial charge in [-0.05, 0) is 76.6 Å². The number of hydrogen-bond donors (Lipinski definition) is 1.